The summed E-state index contributed by atoms with van der Waals surface area (Å²) < 4.78 is 17.1. The van der Waals surface area contributed by atoms with Gasteiger partial charge in [0.2, 0.25) is 0 Å². The highest BCUT2D eigenvalue weighted by Gasteiger charge is 2.26. The van der Waals surface area contributed by atoms with Gasteiger partial charge >= 0.3 is 0 Å². The van der Waals surface area contributed by atoms with E-state index in [-0.39, 0.29) is 33.4 Å². The second-order valence-corrected chi connectivity index (χ2v) is 6.56. The minimum Gasteiger partial charge on any atom is -0.488 e. The Hall–Kier alpha value is -0.510. The molecule has 0 aliphatic heterocycles. The monoisotopic (exact) mass is 354 g/mol. The Morgan fingerprint density at radius 3 is 0.857 bits per heavy atom. The van der Waals surface area contributed by atoms with E-state index in [0.717, 1.165) is 0 Å². The van der Waals surface area contributed by atoms with E-state index in [1.54, 1.807) is 0 Å². The van der Waals surface area contributed by atoms with Crippen LogP contribution in [0.1, 0.15) is 41.5 Å². The molecule has 0 spiro atoms. The van der Waals surface area contributed by atoms with Gasteiger partial charge in [0.1, 0.15) is 15.1 Å². The molecule has 0 N–H and O–H groups in total. The third kappa shape index (κ3) is 4.73. The predicted molar refractivity (Wildman–Crippen MR) is 88.8 cm³/mol. The maximum Gasteiger partial charge on any atom is 0.164 e. The summed E-state index contributed by atoms with van der Waals surface area (Å²) in [6, 6.07) is 0. The Morgan fingerprint density at radius 1 is 0.524 bits per heavy atom. The standard InChI is InChI=1S/C15H21Cl3O3/c1-7(2)19-13-10(16)14(20-8(3)4)12(18)15(11(13)17)21-9(5)6/h7-9H,1-6H3. The molecule has 0 fully saturated rings. The van der Waals surface area contributed by atoms with E-state index in [1.807, 2.05) is 41.5 Å². The topological polar surface area (TPSA) is 27.7 Å². The molecule has 0 saturated carbocycles. The Labute approximate surface area is 141 Å². The Balaban J connectivity index is 3.49. The first kappa shape index (κ1) is 18.5. The van der Waals surface area contributed by atoms with Gasteiger partial charge in [-0.05, 0) is 41.5 Å². The van der Waals surface area contributed by atoms with Crippen molar-refractivity contribution < 1.29 is 14.2 Å². The molecule has 0 radical (unpaired) electrons. The van der Waals surface area contributed by atoms with Crippen LogP contribution in [-0.4, -0.2) is 18.3 Å². The number of benzene rings is 1. The lowest BCUT2D eigenvalue weighted by Crippen LogP contribution is -2.12. The lowest BCUT2D eigenvalue weighted by atomic mass is 10.2. The number of ether oxygens (including phenoxy) is 3. The van der Waals surface area contributed by atoms with E-state index in [9.17, 15) is 0 Å². The number of rotatable bonds is 6. The summed E-state index contributed by atoms with van der Waals surface area (Å²) in [5.41, 5.74) is 0. The molecule has 3 nitrogen and oxygen atoms in total. The summed E-state index contributed by atoms with van der Waals surface area (Å²) in [5.74, 6) is 0.970. The van der Waals surface area contributed by atoms with E-state index in [2.05, 4.69) is 0 Å². The molecule has 0 saturated heterocycles. The molecular weight excluding hydrogens is 335 g/mol. The molecule has 1 rings (SSSR count). The SMILES string of the molecule is CC(C)Oc1c(Cl)c(OC(C)C)c(Cl)c(OC(C)C)c1Cl. The molecule has 0 unspecified atom stereocenters. The predicted octanol–water partition coefficient (Wildman–Crippen LogP) is 6.01. The van der Waals surface area contributed by atoms with Crippen LogP contribution in [0.15, 0.2) is 0 Å². The van der Waals surface area contributed by atoms with Gasteiger partial charge in [0, 0.05) is 0 Å². The number of halogens is 3. The normalized spacial score (nSPS) is 11.4. The maximum absolute atomic E-state index is 6.34. The third-order valence-electron chi connectivity index (χ3n) is 2.26. The first-order valence-corrected chi connectivity index (χ1v) is 7.98. The molecule has 0 bridgehead atoms. The quantitative estimate of drug-likeness (QED) is 0.625. The van der Waals surface area contributed by atoms with Crippen LogP contribution in [0.4, 0.5) is 0 Å². The van der Waals surface area contributed by atoms with Crippen LogP contribution in [-0.2, 0) is 0 Å². The van der Waals surface area contributed by atoms with Crippen LogP contribution >= 0.6 is 34.8 Å². The average Bonchev–Trinajstić information content (AvgIpc) is 2.35. The van der Waals surface area contributed by atoms with E-state index < -0.39 is 0 Å². The molecule has 120 valence electrons. The van der Waals surface area contributed by atoms with Crippen LogP contribution in [0.3, 0.4) is 0 Å². The fraction of sp³-hybridized carbons (Fsp3) is 0.600. The summed E-state index contributed by atoms with van der Waals surface area (Å²) >= 11 is 19.0. The molecule has 0 atom stereocenters. The van der Waals surface area contributed by atoms with Gasteiger partial charge in [-0.2, -0.15) is 0 Å². The Bertz CT molecular complexity index is 407. The van der Waals surface area contributed by atoms with E-state index in [1.165, 1.54) is 0 Å². The van der Waals surface area contributed by atoms with Crippen molar-refractivity contribution in [1.82, 2.24) is 0 Å². The number of hydrogen-bond acceptors (Lipinski definition) is 3. The third-order valence-corrected chi connectivity index (χ3v) is 3.29. The highest BCUT2D eigenvalue weighted by Crippen LogP contribution is 2.52. The zero-order chi connectivity index (χ0) is 16.3. The summed E-state index contributed by atoms with van der Waals surface area (Å²) in [4.78, 5) is 0. The summed E-state index contributed by atoms with van der Waals surface area (Å²) in [6.45, 7) is 11.3. The van der Waals surface area contributed by atoms with Crippen molar-refractivity contribution in [2.75, 3.05) is 0 Å². The fourth-order valence-corrected chi connectivity index (χ4v) is 2.60. The Morgan fingerprint density at radius 2 is 0.714 bits per heavy atom. The lowest BCUT2D eigenvalue weighted by molar-refractivity contribution is 0.217. The molecule has 6 heteroatoms. The van der Waals surface area contributed by atoms with Crippen LogP contribution in [0.25, 0.3) is 0 Å². The van der Waals surface area contributed by atoms with Gasteiger partial charge in [0.05, 0.1) is 18.3 Å². The van der Waals surface area contributed by atoms with Crippen LogP contribution < -0.4 is 14.2 Å². The zero-order valence-corrected chi connectivity index (χ0v) is 15.4. The van der Waals surface area contributed by atoms with Gasteiger partial charge in [-0.1, -0.05) is 34.8 Å². The second kappa shape index (κ2) is 7.66. The Kier molecular flexibility index (Phi) is 6.76. The molecule has 21 heavy (non-hydrogen) atoms. The van der Waals surface area contributed by atoms with Crippen molar-refractivity contribution in [2.24, 2.45) is 0 Å². The van der Waals surface area contributed by atoms with Gasteiger partial charge in [-0.25, -0.2) is 0 Å². The summed E-state index contributed by atoms with van der Waals surface area (Å²) in [5, 5.41) is 0.760. The van der Waals surface area contributed by atoms with E-state index >= 15 is 0 Å². The van der Waals surface area contributed by atoms with Crippen molar-refractivity contribution in [3.8, 4) is 17.2 Å². The maximum atomic E-state index is 6.34. The van der Waals surface area contributed by atoms with Gasteiger partial charge in [0.25, 0.3) is 0 Å². The number of hydrogen-bond donors (Lipinski definition) is 0. The van der Waals surface area contributed by atoms with Crippen LogP contribution in [0.5, 0.6) is 17.2 Å². The van der Waals surface area contributed by atoms with Crippen molar-refractivity contribution in [3.05, 3.63) is 15.1 Å². The van der Waals surface area contributed by atoms with Gasteiger partial charge < -0.3 is 14.2 Å². The first-order valence-electron chi connectivity index (χ1n) is 6.85. The molecule has 0 aromatic heterocycles. The fourth-order valence-electron chi connectivity index (χ4n) is 1.62. The van der Waals surface area contributed by atoms with Gasteiger partial charge in [-0.15, -0.1) is 0 Å². The molecule has 0 heterocycles. The molecule has 1 aromatic rings. The van der Waals surface area contributed by atoms with Gasteiger partial charge in [0.15, 0.2) is 17.2 Å². The summed E-state index contributed by atoms with van der Waals surface area (Å²) in [6.07, 6.45) is -0.292. The minimum atomic E-state index is -0.0972. The van der Waals surface area contributed by atoms with Crippen molar-refractivity contribution >= 4 is 34.8 Å². The molecule has 1 aromatic carbocycles. The minimum absolute atomic E-state index is 0.0972. The van der Waals surface area contributed by atoms with Crippen LogP contribution in [0, 0.1) is 0 Å². The molecule has 0 aliphatic rings. The second-order valence-electron chi connectivity index (χ2n) is 5.43. The average molecular weight is 356 g/mol. The largest absolute Gasteiger partial charge is 0.488 e. The molecular formula is C15H21Cl3O3. The highest BCUT2D eigenvalue weighted by molar-refractivity contribution is 6.43. The smallest absolute Gasteiger partial charge is 0.164 e. The van der Waals surface area contributed by atoms with Crippen molar-refractivity contribution in [2.45, 2.75) is 59.9 Å². The zero-order valence-electron chi connectivity index (χ0n) is 13.1. The highest BCUT2D eigenvalue weighted by atomic mass is 35.5. The van der Waals surface area contributed by atoms with Crippen LogP contribution in [0.2, 0.25) is 15.1 Å². The molecule has 0 aliphatic carbocycles. The van der Waals surface area contributed by atoms with Crippen molar-refractivity contribution in [3.63, 3.8) is 0 Å². The van der Waals surface area contributed by atoms with Gasteiger partial charge in [-0.3, -0.25) is 0 Å². The lowest BCUT2D eigenvalue weighted by Gasteiger charge is -2.22. The first-order chi connectivity index (χ1) is 9.65. The van der Waals surface area contributed by atoms with E-state index in [4.69, 9.17) is 49.0 Å². The molecule has 0 amide bonds. The van der Waals surface area contributed by atoms with E-state index in [0.29, 0.717) is 17.2 Å². The summed E-state index contributed by atoms with van der Waals surface area (Å²) in [7, 11) is 0. The van der Waals surface area contributed by atoms with Crippen molar-refractivity contribution in [1.29, 1.82) is 0 Å².